The summed E-state index contributed by atoms with van der Waals surface area (Å²) in [4.78, 5) is 17.0. The van der Waals surface area contributed by atoms with E-state index in [9.17, 15) is 4.79 Å². The number of carbonyl (C=O) groups is 1. The van der Waals surface area contributed by atoms with Gasteiger partial charge in [-0.1, -0.05) is 18.2 Å². The number of fused-ring (bicyclic) bond motifs is 1. The fourth-order valence-corrected chi connectivity index (χ4v) is 2.81. The van der Waals surface area contributed by atoms with E-state index < -0.39 is 0 Å². The zero-order valence-electron chi connectivity index (χ0n) is 13.2. The number of furan rings is 1. The lowest BCUT2D eigenvalue weighted by molar-refractivity contribution is -0.115. The number of nitriles is 1. The van der Waals surface area contributed by atoms with E-state index in [0.29, 0.717) is 22.6 Å². The molecule has 0 spiro atoms. The van der Waals surface area contributed by atoms with E-state index in [0.717, 1.165) is 16.7 Å². The van der Waals surface area contributed by atoms with E-state index in [1.54, 1.807) is 30.7 Å². The summed E-state index contributed by atoms with van der Waals surface area (Å²) in [7, 11) is 0. The predicted molar refractivity (Wildman–Crippen MR) is 94.7 cm³/mol. The molecule has 1 amide bonds. The number of nitrogens with one attached hydrogen (secondary N) is 1. The molecule has 1 aliphatic rings. The van der Waals surface area contributed by atoms with Crippen LogP contribution in [0.25, 0.3) is 11.1 Å². The minimum absolute atomic E-state index is 0.135. The summed E-state index contributed by atoms with van der Waals surface area (Å²) in [6.45, 7) is 0. The Bertz CT molecular complexity index is 1030. The van der Waals surface area contributed by atoms with Crippen LogP contribution >= 0.6 is 0 Å². The van der Waals surface area contributed by atoms with Gasteiger partial charge in [0.1, 0.15) is 0 Å². The van der Waals surface area contributed by atoms with Crippen molar-refractivity contribution in [2.24, 2.45) is 4.99 Å². The molecule has 0 atom stereocenters. The van der Waals surface area contributed by atoms with E-state index >= 15 is 0 Å². The molecule has 0 radical (unpaired) electrons. The predicted octanol–water partition coefficient (Wildman–Crippen LogP) is 4.28. The van der Waals surface area contributed by atoms with Crippen molar-refractivity contribution in [3.8, 4) is 17.2 Å². The summed E-state index contributed by atoms with van der Waals surface area (Å²) in [6, 6.07) is 16.8. The SMILES string of the molecule is N#Cc1cccc(C2=Nc3ccc(-c4ccoc4)cc3NC(=O)C2)c1. The third kappa shape index (κ3) is 2.93. The van der Waals surface area contributed by atoms with Crippen molar-refractivity contribution in [1.29, 1.82) is 5.26 Å². The molecule has 1 aromatic heterocycles. The number of carbonyl (C=O) groups excluding carboxylic acids is 1. The number of aliphatic imine (C=N–C) groups is 1. The zero-order valence-corrected chi connectivity index (χ0v) is 13.2. The van der Waals surface area contributed by atoms with Crippen LogP contribution in [-0.4, -0.2) is 11.6 Å². The van der Waals surface area contributed by atoms with E-state index in [1.807, 2.05) is 30.3 Å². The molecule has 120 valence electrons. The van der Waals surface area contributed by atoms with Gasteiger partial charge in [0.25, 0.3) is 0 Å². The van der Waals surface area contributed by atoms with E-state index in [-0.39, 0.29) is 12.3 Å². The van der Waals surface area contributed by atoms with Crippen LogP contribution in [0.1, 0.15) is 17.5 Å². The maximum Gasteiger partial charge on any atom is 0.230 e. The maximum atomic E-state index is 12.3. The van der Waals surface area contributed by atoms with Crippen molar-refractivity contribution < 1.29 is 9.21 Å². The standard InChI is InChI=1S/C20H13N3O2/c21-11-13-2-1-3-15(8-13)18-10-20(24)23-19-9-14(4-5-17(19)22-18)16-6-7-25-12-16/h1-9,12H,10H2,(H,23,24). The Morgan fingerprint density at radius 3 is 2.80 bits per heavy atom. The largest absolute Gasteiger partial charge is 0.472 e. The summed E-state index contributed by atoms with van der Waals surface area (Å²) < 4.78 is 5.11. The minimum atomic E-state index is -0.135. The highest BCUT2D eigenvalue weighted by molar-refractivity contribution is 6.17. The molecule has 0 fully saturated rings. The van der Waals surface area contributed by atoms with Gasteiger partial charge in [-0.2, -0.15) is 5.26 Å². The number of amides is 1. The highest BCUT2D eigenvalue weighted by Gasteiger charge is 2.18. The zero-order chi connectivity index (χ0) is 17.2. The summed E-state index contributed by atoms with van der Waals surface area (Å²) in [5.74, 6) is -0.135. The van der Waals surface area contributed by atoms with Crippen molar-refractivity contribution >= 4 is 23.0 Å². The van der Waals surface area contributed by atoms with Gasteiger partial charge in [0, 0.05) is 5.56 Å². The van der Waals surface area contributed by atoms with E-state index in [4.69, 9.17) is 9.68 Å². The van der Waals surface area contributed by atoms with Gasteiger partial charge in [-0.15, -0.1) is 0 Å². The summed E-state index contributed by atoms with van der Waals surface area (Å²) in [5, 5.41) is 12.0. The van der Waals surface area contributed by atoms with Crippen molar-refractivity contribution in [2.75, 3.05) is 5.32 Å². The molecule has 3 aromatic rings. The van der Waals surface area contributed by atoms with Crippen LogP contribution in [0.3, 0.4) is 0 Å². The van der Waals surface area contributed by atoms with Crippen LogP contribution in [0.4, 0.5) is 11.4 Å². The highest BCUT2D eigenvalue weighted by atomic mass is 16.3. The highest BCUT2D eigenvalue weighted by Crippen LogP contribution is 2.33. The van der Waals surface area contributed by atoms with Gasteiger partial charge in [0.15, 0.2) is 0 Å². The van der Waals surface area contributed by atoms with Gasteiger partial charge in [-0.25, -0.2) is 0 Å². The van der Waals surface area contributed by atoms with Crippen LogP contribution in [0.2, 0.25) is 0 Å². The Hall–Kier alpha value is -3.65. The van der Waals surface area contributed by atoms with Crippen LogP contribution in [0, 0.1) is 11.3 Å². The molecule has 1 aliphatic heterocycles. The lowest BCUT2D eigenvalue weighted by Gasteiger charge is -2.06. The Morgan fingerprint density at radius 2 is 2.00 bits per heavy atom. The van der Waals surface area contributed by atoms with Gasteiger partial charge in [-0.3, -0.25) is 9.79 Å². The smallest absolute Gasteiger partial charge is 0.230 e. The van der Waals surface area contributed by atoms with Crippen LogP contribution in [0.5, 0.6) is 0 Å². The first-order chi connectivity index (χ1) is 12.2. The first kappa shape index (κ1) is 14.9. The molecule has 1 N–H and O–H groups in total. The fourth-order valence-electron chi connectivity index (χ4n) is 2.81. The summed E-state index contributed by atoms with van der Waals surface area (Å²) in [6.07, 6.45) is 3.42. The monoisotopic (exact) mass is 327 g/mol. The first-order valence-electron chi connectivity index (χ1n) is 7.77. The van der Waals surface area contributed by atoms with E-state index in [2.05, 4.69) is 16.4 Å². The molecule has 4 rings (SSSR count). The van der Waals surface area contributed by atoms with Gasteiger partial charge in [0.05, 0.1) is 47.7 Å². The lowest BCUT2D eigenvalue weighted by Crippen LogP contribution is -2.15. The average Bonchev–Trinajstić information content (AvgIpc) is 3.11. The normalized spacial score (nSPS) is 13.2. The summed E-state index contributed by atoms with van der Waals surface area (Å²) >= 11 is 0. The summed E-state index contributed by atoms with van der Waals surface area (Å²) in [5.41, 5.74) is 5.20. The number of rotatable bonds is 2. The fraction of sp³-hybridized carbons (Fsp3) is 0.0500. The molecule has 2 heterocycles. The quantitative estimate of drug-likeness (QED) is 0.763. The van der Waals surface area contributed by atoms with Gasteiger partial charge in [-0.05, 0) is 41.5 Å². The number of hydrogen-bond acceptors (Lipinski definition) is 4. The van der Waals surface area contributed by atoms with Crippen molar-refractivity contribution in [3.05, 3.63) is 72.2 Å². The molecule has 25 heavy (non-hydrogen) atoms. The Labute approximate surface area is 144 Å². The second kappa shape index (κ2) is 6.10. The molecule has 0 unspecified atom stereocenters. The number of anilines is 1. The van der Waals surface area contributed by atoms with Crippen molar-refractivity contribution in [3.63, 3.8) is 0 Å². The number of benzene rings is 2. The van der Waals surface area contributed by atoms with E-state index in [1.165, 1.54) is 0 Å². The molecular formula is C20H13N3O2. The number of nitrogens with zero attached hydrogens (tertiary/aromatic N) is 2. The second-order valence-electron chi connectivity index (χ2n) is 5.72. The topological polar surface area (TPSA) is 78.4 Å². The third-order valence-corrected chi connectivity index (χ3v) is 4.03. The van der Waals surface area contributed by atoms with Crippen LogP contribution in [-0.2, 0) is 4.79 Å². The molecule has 0 saturated heterocycles. The Morgan fingerprint density at radius 1 is 1.08 bits per heavy atom. The maximum absolute atomic E-state index is 12.3. The molecule has 5 nitrogen and oxygen atoms in total. The second-order valence-corrected chi connectivity index (χ2v) is 5.72. The van der Waals surface area contributed by atoms with Gasteiger partial charge < -0.3 is 9.73 Å². The minimum Gasteiger partial charge on any atom is -0.472 e. The average molecular weight is 327 g/mol. The van der Waals surface area contributed by atoms with Crippen molar-refractivity contribution in [2.45, 2.75) is 6.42 Å². The van der Waals surface area contributed by atoms with Gasteiger partial charge >= 0.3 is 0 Å². The molecule has 0 aliphatic carbocycles. The van der Waals surface area contributed by atoms with Crippen LogP contribution < -0.4 is 5.32 Å². The molecule has 0 bridgehead atoms. The Kier molecular flexibility index (Phi) is 3.64. The third-order valence-electron chi connectivity index (χ3n) is 4.03. The lowest BCUT2D eigenvalue weighted by atomic mass is 10.0. The number of hydrogen-bond donors (Lipinski definition) is 1. The van der Waals surface area contributed by atoms with Gasteiger partial charge in [0.2, 0.25) is 5.91 Å². The molecule has 0 saturated carbocycles. The van der Waals surface area contributed by atoms with Crippen LogP contribution in [0.15, 0.2) is 70.5 Å². The molecular weight excluding hydrogens is 314 g/mol. The first-order valence-corrected chi connectivity index (χ1v) is 7.77. The molecule has 2 aromatic carbocycles. The molecule has 5 heteroatoms. The Balaban J connectivity index is 1.79. The van der Waals surface area contributed by atoms with Crippen molar-refractivity contribution in [1.82, 2.24) is 0 Å².